The van der Waals surface area contributed by atoms with E-state index in [1.807, 2.05) is 0 Å². The molecule has 1 rings (SSSR count). The first-order valence-electron chi connectivity index (χ1n) is 4.76. The summed E-state index contributed by atoms with van der Waals surface area (Å²) in [5.41, 5.74) is 0.723. The van der Waals surface area contributed by atoms with Gasteiger partial charge in [-0.05, 0) is 24.3 Å². The Hall–Kier alpha value is -0.780. The lowest BCUT2D eigenvalue weighted by molar-refractivity contribution is -0.385. The van der Waals surface area contributed by atoms with E-state index >= 15 is 0 Å². The monoisotopic (exact) mass is 261 g/mol. The Morgan fingerprint density at radius 1 is 1.50 bits per heavy atom. The summed E-state index contributed by atoms with van der Waals surface area (Å²) >= 11 is 7.34. The maximum atomic E-state index is 10.7. The highest BCUT2D eigenvalue weighted by Crippen LogP contribution is 2.26. The van der Waals surface area contributed by atoms with Gasteiger partial charge in [0.2, 0.25) is 0 Å². The molecule has 0 saturated heterocycles. The van der Waals surface area contributed by atoms with E-state index in [2.05, 4.69) is 0 Å². The summed E-state index contributed by atoms with van der Waals surface area (Å²) in [6.07, 6.45) is 0.693. The molecular weight excluding hydrogens is 250 g/mol. The Kier molecular flexibility index (Phi) is 5.59. The van der Waals surface area contributed by atoms with Gasteiger partial charge in [0.05, 0.1) is 4.92 Å². The van der Waals surface area contributed by atoms with Crippen molar-refractivity contribution in [2.75, 3.05) is 12.4 Å². The van der Waals surface area contributed by atoms with Crippen LogP contribution in [0, 0.1) is 10.1 Å². The van der Waals surface area contributed by atoms with Crippen LogP contribution in [0.4, 0.5) is 5.69 Å². The summed E-state index contributed by atoms with van der Waals surface area (Å²) in [7, 11) is 0. The molecule has 0 fully saturated rings. The molecule has 0 bridgehead atoms. The van der Waals surface area contributed by atoms with Crippen LogP contribution in [0.3, 0.4) is 0 Å². The summed E-state index contributed by atoms with van der Waals surface area (Å²) in [4.78, 5) is 10.3. The topological polar surface area (TPSA) is 63.4 Å². The van der Waals surface area contributed by atoms with Crippen LogP contribution in [0.1, 0.15) is 12.0 Å². The molecule has 0 aliphatic carbocycles. The lowest BCUT2D eigenvalue weighted by Gasteiger charge is -2.03. The number of halogens is 1. The lowest BCUT2D eigenvalue weighted by Crippen LogP contribution is -1.95. The fourth-order valence-corrected chi connectivity index (χ4v) is 2.32. The summed E-state index contributed by atoms with van der Waals surface area (Å²) in [6.45, 7) is 0.143. The molecule has 0 spiro atoms. The highest BCUT2D eigenvalue weighted by atomic mass is 35.5. The third-order valence-electron chi connectivity index (χ3n) is 1.94. The number of nitro benzene ring substituents is 1. The number of thioether (sulfide) groups is 1. The third kappa shape index (κ3) is 4.00. The second kappa shape index (κ2) is 6.73. The van der Waals surface area contributed by atoms with Crippen LogP contribution in [-0.4, -0.2) is 22.4 Å². The molecule has 0 heterocycles. The SMILES string of the molecule is O=[N+]([O-])c1ccc(Cl)cc1CSCCCO. The summed E-state index contributed by atoms with van der Waals surface area (Å²) in [5.74, 6) is 1.32. The average molecular weight is 262 g/mol. The fraction of sp³-hybridized carbons (Fsp3) is 0.400. The summed E-state index contributed by atoms with van der Waals surface area (Å²) in [5, 5.41) is 19.8. The average Bonchev–Trinajstić information content (AvgIpc) is 2.24. The number of nitrogens with zero attached hydrogens (tertiary/aromatic N) is 1. The maximum Gasteiger partial charge on any atom is 0.273 e. The van der Waals surface area contributed by atoms with Gasteiger partial charge >= 0.3 is 0 Å². The smallest absolute Gasteiger partial charge is 0.273 e. The van der Waals surface area contributed by atoms with Crippen molar-refractivity contribution >= 4 is 29.1 Å². The number of aliphatic hydroxyl groups is 1. The highest BCUT2D eigenvalue weighted by Gasteiger charge is 2.13. The van der Waals surface area contributed by atoms with Crippen molar-refractivity contribution in [2.24, 2.45) is 0 Å². The second-order valence-electron chi connectivity index (χ2n) is 3.16. The van der Waals surface area contributed by atoms with Gasteiger partial charge in [0.15, 0.2) is 0 Å². The minimum atomic E-state index is -0.404. The van der Waals surface area contributed by atoms with Crippen molar-refractivity contribution in [3.63, 3.8) is 0 Å². The molecule has 1 aromatic carbocycles. The number of nitro groups is 1. The molecule has 0 aliphatic heterocycles. The first-order chi connectivity index (χ1) is 7.65. The molecule has 4 nitrogen and oxygen atoms in total. The molecule has 88 valence electrons. The predicted molar refractivity (Wildman–Crippen MR) is 66.0 cm³/mol. The summed E-state index contributed by atoms with van der Waals surface area (Å²) < 4.78 is 0. The molecule has 1 N–H and O–H groups in total. The predicted octanol–water partition coefficient (Wildman–Crippen LogP) is 2.86. The molecule has 0 amide bonds. The van der Waals surface area contributed by atoms with E-state index in [0.717, 1.165) is 5.75 Å². The third-order valence-corrected chi connectivity index (χ3v) is 3.27. The molecular formula is C10H12ClNO3S. The Morgan fingerprint density at radius 3 is 2.88 bits per heavy atom. The minimum Gasteiger partial charge on any atom is -0.396 e. The van der Waals surface area contributed by atoms with Crippen LogP contribution < -0.4 is 0 Å². The number of rotatable bonds is 6. The van der Waals surface area contributed by atoms with Gasteiger partial charge in [0, 0.05) is 29.0 Å². The molecule has 0 atom stereocenters. The van der Waals surface area contributed by atoms with Crippen LogP contribution in [-0.2, 0) is 5.75 Å². The molecule has 0 radical (unpaired) electrons. The van der Waals surface area contributed by atoms with E-state index < -0.39 is 4.92 Å². The first-order valence-corrected chi connectivity index (χ1v) is 6.30. The number of hydrogen-bond acceptors (Lipinski definition) is 4. The number of benzene rings is 1. The van der Waals surface area contributed by atoms with Gasteiger partial charge in [0.1, 0.15) is 0 Å². The molecule has 6 heteroatoms. The molecule has 0 saturated carbocycles. The standard InChI is InChI=1S/C10H12ClNO3S/c11-9-2-3-10(12(14)15)8(6-9)7-16-5-1-4-13/h2-3,6,13H,1,4-5,7H2. The van der Waals surface area contributed by atoms with E-state index in [-0.39, 0.29) is 12.3 Å². The van der Waals surface area contributed by atoms with E-state index in [1.54, 1.807) is 17.8 Å². The van der Waals surface area contributed by atoms with Crippen molar-refractivity contribution in [3.8, 4) is 0 Å². The molecule has 0 aromatic heterocycles. The van der Waals surface area contributed by atoms with Crippen molar-refractivity contribution in [1.29, 1.82) is 0 Å². The quantitative estimate of drug-likeness (QED) is 0.486. The van der Waals surface area contributed by atoms with Crippen LogP contribution >= 0.6 is 23.4 Å². The Morgan fingerprint density at radius 2 is 2.25 bits per heavy atom. The maximum absolute atomic E-state index is 10.7. The van der Waals surface area contributed by atoms with Gasteiger partial charge in [-0.25, -0.2) is 0 Å². The first kappa shape index (κ1) is 13.3. The van der Waals surface area contributed by atoms with E-state index in [9.17, 15) is 10.1 Å². The Bertz CT molecular complexity index is 373. The number of aliphatic hydroxyl groups excluding tert-OH is 1. The van der Waals surface area contributed by atoms with Crippen molar-refractivity contribution in [3.05, 3.63) is 38.9 Å². The van der Waals surface area contributed by atoms with Gasteiger partial charge in [-0.3, -0.25) is 10.1 Å². The molecule has 0 unspecified atom stereocenters. The highest BCUT2D eigenvalue weighted by molar-refractivity contribution is 7.98. The van der Waals surface area contributed by atoms with Gasteiger partial charge in [-0.2, -0.15) is 11.8 Å². The van der Waals surface area contributed by atoms with Crippen molar-refractivity contribution in [2.45, 2.75) is 12.2 Å². The lowest BCUT2D eigenvalue weighted by atomic mass is 10.2. The van der Waals surface area contributed by atoms with Gasteiger partial charge in [0.25, 0.3) is 5.69 Å². The van der Waals surface area contributed by atoms with Crippen molar-refractivity contribution in [1.82, 2.24) is 0 Å². The zero-order valence-electron chi connectivity index (χ0n) is 8.56. The van der Waals surface area contributed by atoms with Crippen molar-refractivity contribution < 1.29 is 10.0 Å². The minimum absolute atomic E-state index is 0.0981. The zero-order chi connectivity index (χ0) is 12.0. The van der Waals surface area contributed by atoms with Gasteiger partial charge < -0.3 is 5.11 Å². The van der Waals surface area contributed by atoms with Crippen LogP contribution in [0.2, 0.25) is 5.02 Å². The molecule has 1 aromatic rings. The Labute approximate surface area is 103 Å². The molecule has 0 aliphatic rings. The van der Waals surface area contributed by atoms with E-state index in [4.69, 9.17) is 16.7 Å². The fourth-order valence-electron chi connectivity index (χ4n) is 1.20. The number of hydrogen-bond donors (Lipinski definition) is 1. The van der Waals surface area contributed by atoms with Crippen LogP contribution in [0.15, 0.2) is 18.2 Å². The molecule has 16 heavy (non-hydrogen) atoms. The van der Waals surface area contributed by atoms with Crippen LogP contribution in [0.25, 0.3) is 0 Å². The normalized spacial score (nSPS) is 10.4. The second-order valence-corrected chi connectivity index (χ2v) is 4.70. The van der Waals surface area contributed by atoms with E-state index in [0.29, 0.717) is 22.8 Å². The van der Waals surface area contributed by atoms with Crippen LogP contribution in [0.5, 0.6) is 0 Å². The van der Waals surface area contributed by atoms with E-state index in [1.165, 1.54) is 12.1 Å². The Balaban J connectivity index is 2.68. The zero-order valence-corrected chi connectivity index (χ0v) is 10.1. The van der Waals surface area contributed by atoms with Gasteiger partial charge in [-0.1, -0.05) is 11.6 Å². The summed E-state index contributed by atoms with van der Waals surface area (Å²) in [6, 6.07) is 4.55. The van der Waals surface area contributed by atoms with Gasteiger partial charge in [-0.15, -0.1) is 0 Å². The largest absolute Gasteiger partial charge is 0.396 e.